The summed E-state index contributed by atoms with van der Waals surface area (Å²) < 4.78 is 40.5. The molecule has 14 heteroatoms. The molecule has 264 valence electrons. The predicted molar refractivity (Wildman–Crippen MR) is 187 cm³/mol. The standard InChI is InChI=1S/C36H36Cl2N2O9S/c1-20(49-35(44)36(2,3)4)48-34(43)28(16-21-7-6-8-25(15-21)50(5,45)46)39-32(41)30-27(37)17-24-19-40(13-11-26(24)31(30)38)33(42)23-10-9-22-12-14-47-29(22)18-23/h6-10,12,14-15,17-18,20,28H,11,13,16,19H2,1-5H3,(H,39,41)/t20?,28-/m0/s1. The van der Waals surface area contributed by atoms with E-state index in [1.807, 2.05) is 12.1 Å². The van der Waals surface area contributed by atoms with Crippen molar-refractivity contribution in [3.63, 3.8) is 0 Å². The molecule has 2 atom stereocenters. The number of benzene rings is 3. The van der Waals surface area contributed by atoms with Gasteiger partial charge in [0.1, 0.15) is 11.6 Å². The van der Waals surface area contributed by atoms with Crippen molar-refractivity contribution in [2.75, 3.05) is 12.8 Å². The Hall–Kier alpha value is -4.39. The molecule has 50 heavy (non-hydrogen) atoms. The first-order valence-electron chi connectivity index (χ1n) is 15.7. The number of hydrogen-bond acceptors (Lipinski definition) is 9. The van der Waals surface area contributed by atoms with E-state index >= 15 is 0 Å². The number of ether oxygens (including phenoxy) is 2. The fourth-order valence-electron chi connectivity index (χ4n) is 5.46. The Morgan fingerprint density at radius 1 is 1.02 bits per heavy atom. The number of fused-ring (bicyclic) bond motifs is 2. The van der Waals surface area contributed by atoms with E-state index in [9.17, 15) is 27.6 Å². The van der Waals surface area contributed by atoms with Crippen molar-refractivity contribution in [2.24, 2.45) is 5.41 Å². The quantitative estimate of drug-likeness (QED) is 0.157. The van der Waals surface area contributed by atoms with Crippen molar-refractivity contribution < 1.29 is 41.5 Å². The molecule has 1 aliphatic rings. The van der Waals surface area contributed by atoms with E-state index in [1.54, 1.807) is 56.2 Å². The molecule has 5 rings (SSSR count). The number of amides is 2. The van der Waals surface area contributed by atoms with Crippen molar-refractivity contribution >= 4 is 67.8 Å². The van der Waals surface area contributed by atoms with Gasteiger partial charge in [0.05, 0.1) is 32.2 Å². The van der Waals surface area contributed by atoms with E-state index in [1.165, 1.54) is 25.1 Å². The second-order valence-corrected chi connectivity index (χ2v) is 15.9. The van der Waals surface area contributed by atoms with Gasteiger partial charge < -0.3 is 24.1 Å². The summed E-state index contributed by atoms with van der Waals surface area (Å²) in [5, 5.41) is 3.59. The summed E-state index contributed by atoms with van der Waals surface area (Å²) in [6.45, 7) is 6.81. The maximum atomic E-state index is 13.8. The second-order valence-electron chi connectivity index (χ2n) is 13.1. The summed E-state index contributed by atoms with van der Waals surface area (Å²) in [7, 11) is -3.57. The molecule has 1 aromatic heterocycles. The van der Waals surface area contributed by atoms with Gasteiger partial charge in [0.15, 0.2) is 9.84 Å². The summed E-state index contributed by atoms with van der Waals surface area (Å²) >= 11 is 13.4. The van der Waals surface area contributed by atoms with Crippen LogP contribution in [0, 0.1) is 5.41 Å². The molecule has 0 fully saturated rings. The number of esters is 2. The highest BCUT2D eigenvalue weighted by Crippen LogP contribution is 2.35. The van der Waals surface area contributed by atoms with Crippen molar-refractivity contribution in [1.29, 1.82) is 0 Å². The number of hydrogen-bond donors (Lipinski definition) is 1. The van der Waals surface area contributed by atoms with E-state index in [0.717, 1.165) is 11.6 Å². The van der Waals surface area contributed by atoms with Crippen LogP contribution in [0.5, 0.6) is 0 Å². The van der Waals surface area contributed by atoms with E-state index < -0.39 is 45.4 Å². The number of furan rings is 1. The molecule has 0 saturated heterocycles. The van der Waals surface area contributed by atoms with Crippen molar-refractivity contribution in [3.8, 4) is 0 Å². The number of sulfone groups is 1. The topological polar surface area (TPSA) is 149 Å². The van der Waals surface area contributed by atoms with Gasteiger partial charge in [-0.05, 0) is 80.3 Å². The van der Waals surface area contributed by atoms with E-state index in [0.29, 0.717) is 40.8 Å². The van der Waals surface area contributed by atoms with Crippen LogP contribution in [0.15, 0.2) is 70.2 Å². The molecule has 1 N–H and O–H groups in total. The van der Waals surface area contributed by atoms with Gasteiger partial charge in [-0.15, -0.1) is 0 Å². The van der Waals surface area contributed by atoms with Crippen LogP contribution < -0.4 is 5.32 Å². The molecule has 1 aliphatic heterocycles. The third-order valence-electron chi connectivity index (χ3n) is 8.15. The van der Waals surface area contributed by atoms with Gasteiger partial charge in [0.25, 0.3) is 11.8 Å². The molecule has 0 radical (unpaired) electrons. The number of carbonyl (C=O) groups excluding carboxylic acids is 4. The molecule has 3 aromatic carbocycles. The highest BCUT2D eigenvalue weighted by atomic mass is 35.5. The maximum absolute atomic E-state index is 13.8. The lowest BCUT2D eigenvalue weighted by molar-refractivity contribution is -0.191. The van der Waals surface area contributed by atoms with Crippen molar-refractivity contribution in [1.82, 2.24) is 10.2 Å². The zero-order valence-corrected chi connectivity index (χ0v) is 30.4. The highest BCUT2D eigenvalue weighted by molar-refractivity contribution is 7.90. The lowest BCUT2D eigenvalue weighted by Crippen LogP contribution is -2.45. The molecule has 0 spiro atoms. The second kappa shape index (κ2) is 14.5. The van der Waals surface area contributed by atoms with Crippen LogP contribution in [0.2, 0.25) is 10.0 Å². The third-order valence-corrected chi connectivity index (χ3v) is 9.97. The Balaban J connectivity index is 1.38. The Labute approximate surface area is 299 Å². The minimum absolute atomic E-state index is 0.00350. The van der Waals surface area contributed by atoms with Crippen molar-refractivity contribution in [3.05, 3.63) is 98.7 Å². The Morgan fingerprint density at radius 2 is 1.76 bits per heavy atom. The first kappa shape index (κ1) is 36.9. The normalized spacial score (nSPS) is 14.4. The molecule has 2 heterocycles. The molecule has 1 unspecified atom stereocenters. The first-order chi connectivity index (χ1) is 23.4. The van der Waals surface area contributed by atoms with Crippen LogP contribution in [0.25, 0.3) is 11.0 Å². The number of nitrogens with one attached hydrogen (secondary N) is 1. The van der Waals surface area contributed by atoms with Gasteiger partial charge >= 0.3 is 11.9 Å². The molecule has 0 saturated carbocycles. The van der Waals surface area contributed by atoms with Crippen LogP contribution in [0.3, 0.4) is 0 Å². The van der Waals surface area contributed by atoms with E-state index in [-0.39, 0.29) is 39.4 Å². The predicted octanol–water partition coefficient (Wildman–Crippen LogP) is 6.16. The maximum Gasteiger partial charge on any atom is 0.332 e. The molecule has 2 amide bonds. The molecule has 0 bridgehead atoms. The minimum atomic E-state index is -3.57. The highest BCUT2D eigenvalue weighted by Gasteiger charge is 2.32. The zero-order chi connectivity index (χ0) is 36.5. The summed E-state index contributed by atoms with van der Waals surface area (Å²) in [6, 6.07) is 13.2. The molecule has 4 aromatic rings. The van der Waals surface area contributed by atoms with Crippen LogP contribution in [0.4, 0.5) is 0 Å². The van der Waals surface area contributed by atoms with Gasteiger partial charge in [-0.2, -0.15) is 0 Å². The number of rotatable bonds is 9. The average Bonchev–Trinajstić information content (AvgIpc) is 3.51. The van der Waals surface area contributed by atoms with Crippen LogP contribution in [-0.4, -0.2) is 62.2 Å². The summed E-state index contributed by atoms with van der Waals surface area (Å²) in [5.41, 5.74) is 1.83. The monoisotopic (exact) mass is 742 g/mol. The van der Waals surface area contributed by atoms with Crippen LogP contribution >= 0.6 is 23.2 Å². The molecule has 11 nitrogen and oxygen atoms in total. The van der Waals surface area contributed by atoms with Gasteiger partial charge in [-0.3, -0.25) is 14.4 Å². The average molecular weight is 744 g/mol. The third kappa shape index (κ3) is 8.31. The number of nitrogens with zero attached hydrogens (tertiary/aromatic N) is 1. The fraction of sp³-hybridized carbons (Fsp3) is 0.333. The summed E-state index contributed by atoms with van der Waals surface area (Å²) in [6.07, 6.45) is 1.48. The van der Waals surface area contributed by atoms with Gasteiger partial charge in [0, 0.05) is 43.6 Å². The zero-order valence-electron chi connectivity index (χ0n) is 28.0. The Kier molecular flexibility index (Phi) is 10.7. The van der Waals surface area contributed by atoms with E-state index in [2.05, 4.69) is 5.32 Å². The van der Waals surface area contributed by atoms with Crippen molar-refractivity contribution in [2.45, 2.75) is 64.3 Å². The largest absolute Gasteiger partial charge is 0.464 e. The molecular weight excluding hydrogens is 707 g/mol. The molecule has 0 aliphatic carbocycles. The lowest BCUT2D eigenvalue weighted by Gasteiger charge is -2.30. The number of halogens is 2. The Morgan fingerprint density at radius 3 is 2.46 bits per heavy atom. The van der Waals surface area contributed by atoms with Crippen LogP contribution in [0.1, 0.15) is 65.1 Å². The Bertz CT molecular complexity index is 2100. The minimum Gasteiger partial charge on any atom is -0.464 e. The van der Waals surface area contributed by atoms with Gasteiger partial charge in [-0.1, -0.05) is 41.4 Å². The summed E-state index contributed by atoms with van der Waals surface area (Å²) in [5.74, 6) is -2.53. The molecular formula is C36H36Cl2N2O9S. The fourth-order valence-corrected chi connectivity index (χ4v) is 6.92. The summed E-state index contributed by atoms with van der Waals surface area (Å²) in [4.78, 5) is 54.7. The SMILES string of the molecule is CC(OC(=O)[C@H](Cc1cccc(S(C)(=O)=O)c1)NC(=O)c1c(Cl)cc2c(c1Cl)CCN(C(=O)c1ccc3ccoc3c1)C2)OC(=O)C(C)(C)C. The smallest absolute Gasteiger partial charge is 0.332 e. The van der Waals surface area contributed by atoms with E-state index in [4.69, 9.17) is 37.1 Å². The number of carbonyl (C=O) groups is 4. The first-order valence-corrected chi connectivity index (χ1v) is 18.3. The van der Waals surface area contributed by atoms with Crippen LogP contribution in [-0.2, 0) is 48.3 Å². The lowest BCUT2D eigenvalue weighted by atomic mass is 9.95. The van der Waals surface area contributed by atoms with Gasteiger partial charge in [-0.25, -0.2) is 13.2 Å². The van der Waals surface area contributed by atoms with Gasteiger partial charge in [0.2, 0.25) is 6.29 Å².